The number of halogens is 3. The summed E-state index contributed by atoms with van der Waals surface area (Å²) in [6.07, 6.45) is 4.15. The lowest BCUT2D eigenvalue weighted by molar-refractivity contribution is -0.290. The SMILES string of the molecule is CCCCC(=O)OCO[C@H](C)[C@@H](C)[C@H]1CC[C@H]2[C@@H]3CC[C@@H]4C[C@@](O)(C(F)(F)F)CC[C@]4(C)[C@H]3CC[C@]12C. The lowest BCUT2D eigenvalue weighted by Crippen LogP contribution is -2.59. The third kappa shape index (κ3) is 5.21. The molecule has 0 spiro atoms. The van der Waals surface area contributed by atoms with Crippen molar-refractivity contribution in [1.29, 1.82) is 0 Å². The van der Waals surface area contributed by atoms with Gasteiger partial charge in [-0.25, -0.2) is 0 Å². The number of alkyl halides is 3. The number of ether oxygens (including phenoxy) is 2. The fourth-order valence-corrected chi connectivity index (χ4v) is 9.49. The zero-order valence-electron chi connectivity index (χ0n) is 23.5. The first-order valence-electron chi connectivity index (χ1n) is 14.8. The Morgan fingerprint density at radius 2 is 1.70 bits per heavy atom. The number of aliphatic hydroxyl groups is 1. The number of rotatable bonds is 8. The largest absolute Gasteiger partial charge is 0.438 e. The molecule has 4 aliphatic carbocycles. The third-order valence-electron chi connectivity index (χ3n) is 12.0. The molecule has 0 amide bonds. The Bertz CT molecular complexity index is 817. The topological polar surface area (TPSA) is 55.8 Å². The summed E-state index contributed by atoms with van der Waals surface area (Å²) in [5.74, 6) is 2.22. The minimum Gasteiger partial charge on any atom is -0.438 e. The van der Waals surface area contributed by atoms with Crippen molar-refractivity contribution in [2.24, 2.45) is 46.3 Å². The van der Waals surface area contributed by atoms with Gasteiger partial charge in [-0.15, -0.1) is 0 Å². The average molecular weight is 531 g/mol. The van der Waals surface area contributed by atoms with Gasteiger partial charge in [0.2, 0.25) is 0 Å². The second-order valence-electron chi connectivity index (χ2n) is 13.6. The van der Waals surface area contributed by atoms with Gasteiger partial charge in [0.15, 0.2) is 12.4 Å². The maximum Gasteiger partial charge on any atom is 0.417 e. The van der Waals surface area contributed by atoms with Crippen LogP contribution in [0.5, 0.6) is 0 Å². The zero-order valence-corrected chi connectivity index (χ0v) is 23.5. The van der Waals surface area contributed by atoms with Crippen molar-refractivity contribution in [3.8, 4) is 0 Å². The summed E-state index contributed by atoms with van der Waals surface area (Å²) in [4.78, 5) is 11.8. The first kappa shape index (κ1) is 29.2. The van der Waals surface area contributed by atoms with Crippen LogP contribution in [0.3, 0.4) is 0 Å². The van der Waals surface area contributed by atoms with Gasteiger partial charge in [-0.1, -0.05) is 34.1 Å². The lowest BCUT2D eigenvalue weighted by atomic mass is 9.43. The van der Waals surface area contributed by atoms with E-state index in [1.54, 1.807) is 0 Å². The van der Waals surface area contributed by atoms with E-state index < -0.39 is 11.8 Å². The Hall–Kier alpha value is -0.820. The second kappa shape index (κ2) is 10.6. The molecule has 4 fully saturated rings. The number of esters is 1. The van der Waals surface area contributed by atoms with Gasteiger partial charge in [-0.2, -0.15) is 13.2 Å². The van der Waals surface area contributed by atoms with E-state index >= 15 is 0 Å². The van der Waals surface area contributed by atoms with E-state index in [4.69, 9.17) is 9.47 Å². The maximum absolute atomic E-state index is 13.6. The van der Waals surface area contributed by atoms with Gasteiger partial charge in [0, 0.05) is 6.42 Å². The molecule has 10 atom stereocenters. The summed E-state index contributed by atoms with van der Waals surface area (Å²) in [7, 11) is 0. The summed E-state index contributed by atoms with van der Waals surface area (Å²) in [6, 6.07) is 0. The van der Waals surface area contributed by atoms with Gasteiger partial charge < -0.3 is 14.6 Å². The van der Waals surface area contributed by atoms with Crippen molar-refractivity contribution in [3.63, 3.8) is 0 Å². The third-order valence-corrected chi connectivity index (χ3v) is 12.0. The Balaban J connectivity index is 1.39. The predicted molar refractivity (Wildman–Crippen MR) is 136 cm³/mol. The molecular formula is C30H49F3O4. The minimum absolute atomic E-state index is 0.00956. The van der Waals surface area contributed by atoms with Crippen molar-refractivity contribution >= 4 is 5.97 Å². The molecule has 0 aromatic rings. The molecule has 0 aromatic carbocycles. The maximum atomic E-state index is 13.6. The van der Waals surface area contributed by atoms with Crippen LogP contribution in [0.25, 0.3) is 0 Å². The van der Waals surface area contributed by atoms with Gasteiger partial charge in [0.05, 0.1) is 6.10 Å². The predicted octanol–water partition coefficient (Wildman–Crippen LogP) is 7.67. The summed E-state index contributed by atoms with van der Waals surface area (Å²) >= 11 is 0. The van der Waals surface area contributed by atoms with E-state index in [0.717, 1.165) is 44.9 Å². The molecule has 214 valence electrons. The molecule has 0 unspecified atom stereocenters. The van der Waals surface area contributed by atoms with E-state index in [-0.39, 0.29) is 48.5 Å². The van der Waals surface area contributed by atoms with Crippen molar-refractivity contribution < 1.29 is 32.5 Å². The number of carbonyl (C=O) groups is 1. The molecule has 4 saturated carbocycles. The van der Waals surface area contributed by atoms with E-state index in [9.17, 15) is 23.1 Å². The molecule has 0 heterocycles. The number of hydrogen-bond donors (Lipinski definition) is 1. The summed E-state index contributed by atoms with van der Waals surface area (Å²) in [5.41, 5.74) is -2.41. The summed E-state index contributed by atoms with van der Waals surface area (Å²) < 4.78 is 52.2. The molecule has 0 aliphatic heterocycles. The summed E-state index contributed by atoms with van der Waals surface area (Å²) in [6.45, 7) is 11.1. The van der Waals surface area contributed by atoms with Crippen molar-refractivity contribution in [3.05, 3.63) is 0 Å². The molecule has 0 bridgehead atoms. The van der Waals surface area contributed by atoms with E-state index in [2.05, 4.69) is 27.7 Å². The van der Waals surface area contributed by atoms with Gasteiger partial charge in [0.25, 0.3) is 0 Å². The number of fused-ring (bicyclic) bond motifs is 5. The fraction of sp³-hybridized carbons (Fsp3) is 0.967. The Kier molecular flexibility index (Phi) is 8.38. The average Bonchev–Trinajstić information content (AvgIpc) is 3.19. The smallest absolute Gasteiger partial charge is 0.417 e. The van der Waals surface area contributed by atoms with Gasteiger partial charge in [-0.3, -0.25) is 4.79 Å². The van der Waals surface area contributed by atoms with Gasteiger partial charge in [-0.05, 0) is 117 Å². The zero-order chi connectivity index (χ0) is 27.2. The van der Waals surface area contributed by atoms with Crippen molar-refractivity contribution in [2.45, 2.75) is 130 Å². The van der Waals surface area contributed by atoms with Crippen molar-refractivity contribution in [2.75, 3.05) is 6.79 Å². The highest BCUT2D eigenvalue weighted by Crippen LogP contribution is 2.69. The highest BCUT2D eigenvalue weighted by molar-refractivity contribution is 5.69. The quantitative estimate of drug-likeness (QED) is 0.258. The van der Waals surface area contributed by atoms with Crippen LogP contribution < -0.4 is 0 Å². The van der Waals surface area contributed by atoms with E-state index in [0.29, 0.717) is 42.4 Å². The number of carbonyl (C=O) groups excluding carboxylic acids is 1. The van der Waals surface area contributed by atoms with E-state index in [1.807, 2.05) is 6.92 Å². The summed E-state index contributed by atoms with van der Waals surface area (Å²) in [5, 5.41) is 10.5. The first-order valence-corrected chi connectivity index (χ1v) is 14.8. The second-order valence-corrected chi connectivity index (χ2v) is 13.6. The molecule has 37 heavy (non-hydrogen) atoms. The fourth-order valence-electron chi connectivity index (χ4n) is 9.49. The highest BCUT2D eigenvalue weighted by Gasteiger charge is 2.65. The highest BCUT2D eigenvalue weighted by atomic mass is 19.4. The van der Waals surface area contributed by atoms with Crippen LogP contribution in [0.2, 0.25) is 0 Å². The normalized spacial score (nSPS) is 43.3. The molecule has 0 saturated heterocycles. The molecule has 4 nitrogen and oxygen atoms in total. The van der Waals surface area contributed by atoms with Crippen LogP contribution in [0.15, 0.2) is 0 Å². The molecule has 4 rings (SSSR count). The van der Waals surface area contributed by atoms with Gasteiger partial charge in [0.1, 0.15) is 0 Å². The molecule has 4 aliphatic rings. The minimum atomic E-state index is -4.54. The van der Waals surface area contributed by atoms with Crippen LogP contribution in [0.1, 0.15) is 112 Å². The molecule has 0 aromatic heterocycles. The molecular weight excluding hydrogens is 481 g/mol. The number of hydrogen-bond acceptors (Lipinski definition) is 4. The molecule has 7 heteroatoms. The molecule has 0 radical (unpaired) electrons. The Morgan fingerprint density at radius 3 is 2.38 bits per heavy atom. The van der Waals surface area contributed by atoms with Crippen LogP contribution in [0, 0.1) is 46.3 Å². The van der Waals surface area contributed by atoms with Gasteiger partial charge >= 0.3 is 12.1 Å². The van der Waals surface area contributed by atoms with E-state index in [1.165, 1.54) is 6.42 Å². The van der Waals surface area contributed by atoms with Crippen LogP contribution in [0.4, 0.5) is 13.2 Å². The lowest BCUT2D eigenvalue weighted by Gasteiger charge is -2.62. The monoisotopic (exact) mass is 530 g/mol. The van der Waals surface area contributed by atoms with Crippen molar-refractivity contribution in [1.82, 2.24) is 0 Å². The van der Waals surface area contributed by atoms with Crippen LogP contribution in [-0.4, -0.2) is 35.8 Å². The standard InChI is InChI=1S/C30H49F3O4/c1-6-7-8-26(34)37-18-36-20(3)19(2)23-11-12-24-22-10-9-21-17-29(35,30(31,32)33)16-15-27(21,4)25(22)13-14-28(23,24)5/h19-25,35H,6-18H2,1-5H3/t19-,20-,21-,22+,23-,24+,25+,27+,28-,29-/m1/s1. The van der Waals surface area contributed by atoms with Crippen LogP contribution >= 0.6 is 0 Å². The number of unbranched alkanes of at least 4 members (excludes halogenated alkanes) is 1. The Morgan fingerprint density at radius 1 is 1.00 bits per heavy atom. The van der Waals surface area contributed by atoms with Crippen LogP contribution in [-0.2, 0) is 14.3 Å². The molecule has 1 N–H and O–H groups in total. The Labute approximate surface area is 221 Å². The first-order chi connectivity index (χ1) is 17.3.